The molecular weight excluding hydrogens is 271 g/mol. The Morgan fingerprint density at radius 3 is 1.80 bits per heavy atom. The van der Waals surface area contributed by atoms with Gasteiger partial charge in [-0.3, -0.25) is 4.57 Å². The van der Waals surface area contributed by atoms with Crippen LogP contribution in [0.25, 0.3) is 0 Å². The van der Waals surface area contributed by atoms with Gasteiger partial charge in [-0.05, 0) is 38.8 Å². The Kier molecular flexibility index (Phi) is 7.50. The van der Waals surface area contributed by atoms with Crippen LogP contribution in [-0.2, 0) is 13.6 Å². The normalized spacial score (nSPS) is 15.0. The summed E-state index contributed by atoms with van der Waals surface area (Å²) in [7, 11) is -3.24. The van der Waals surface area contributed by atoms with E-state index in [1.807, 2.05) is 44.2 Å². The third-order valence-corrected chi connectivity index (χ3v) is 5.31. The lowest BCUT2D eigenvalue weighted by atomic mass is 10.2. The second-order valence-electron chi connectivity index (χ2n) is 5.24. The van der Waals surface area contributed by atoms with E-state index in [0.717, 1.165) is 25.7 Å². The van der Waals surface area contributed by atoms with Gasteiger partial charge in [0.1, 0.15) is 0 Å². The van der Waals surface area contributed by atoms with Crippen LogP contribution >= 0.6 is 7.60 Å². The van der Waals surface area contributed by atoms with Crippen LogP contribution in [0.4, 0.5) is 0 Å². The van der Waals surface area contributed by atoms with Crippen molar-refractivity contribution in [2.24, 2.45) is 0 Å². The lowest BCUT2D eigenvalue weighted by Crippen LogP contribution is -2.19. The molecule has 0 N–H and O–H groups in total. The first-order valence-corrected chi connectivity index (χ1v) is 9.08. The van der Waals surface area contributed by atoms with Crippen molar-refractivity contribution in [3.8, 4) is 0 Å². The van der Waals surface area contributed by atoms with Crippen LogP contribution in [0.1, 0.15) is 53.4 Å². The third kappa shape index (κ3) is 5.40. The van der Waals surface area contributed by atoms with Gasteiger partial charge < -0.3 is 9.05 Å². The second kappa shape index (κ2) is 8.61. The fourth-order valence-electron chi connectivity index (χ4n) is 2.15. The van der Waals surface area contributed by atoms with Crippen molar-refractivity contribution in [3.05, 3.63) is 30.3 Å². The van der Waals surface area contributed by atoms with Crippen molar-refractivity contribution >= 4 is 12.9 Å². The van der Waals surface area contributed by atoms with Crippen molar-refractivity contribution in [1.82, 2.24) is 0 Å². The van der Waals surface area contributed by atoms with Gasteiger partial charge in [-0.25, -0.2) is 0 Å². The Bertz CT molecular complexity index is 401. The van der Waals surface area contributed by atoms with E-state index in [0.29, 0.717) is 5.30 Å². The summed E-state index contributed by atoms with van der Waals surface area (Å²) in [6.45, 7) is 8.08. The quantitative estimate of drug-likeness (QED) is 0.607. The highest BCUT2D eigenvalue weighted by atomic mass is 31.2. The van der Waals surface area contributed by atoms with E-state index in [1.165, 1.54) is 0 Å². The molecule has 0 heterocycles. The van der Waals surface area contributed by atoms with E-state index in [1.54, 1.807) is 0 Å². The number of benzene rings is 1. The molecule has 114 valence electrons. The van der Waals surface area contributed by atoms with Crippen LogP contribution in [0.3, 0.4) is 0 Å². The summed E-state index contributed by atoms with van der Waals surface area (Å²) in [6.07, 6.45) is 3.62. The average molecular weight is 298 g/mol. The molecule has 0 saturated heterocycles. The summed E-state index contributed by atoms with van der Waals surface area (Å²) in [6, 6.07) is 9.27. The van der Waals surface area contributed by atoms with E-state index in [9.17, 15) is 4.57 Å². The summed E-state index contributed by atoms with van der Waals surface area (Å²) < 4.78 is 24.8. The molecule has 0 aromatic heterocycles. The fourth-order valence-corrected chi connectivity index (χ4v) is 4.14. The van der Waals surface area contributed by atoms with Gasteiger partial charge in [-0.15, -0.1) is 0 Å². The monoisotopic (exact) mass is 298 g/mol. The molecule has 0 spiro atoms. The Hall–Kier alpha value is -0.630. The highest BCUT2D eigenvalue weighted by Gasteiger charge is 2.31. The van der Waals surface area contributed by atoms with Crippen LogP contribution in [0.5, 0.6) is 0 Å². The molecule has 0 saturated carbocycles. The second-order valence-corrected chi connectivity index (χ2v) is 7.18. The zero-order valence-electron chi connectivity index (χ0n) is 13.0. The maximum atomic E-state index is 13.1. The minimum Gasteiger partial charge on any atom is -0.302 e. The highest BCUT2D eigenvalue weighted by molar-refractivity contribution is 7.62. The molecular formula is C16H27O3P. The standard InChI is InChI=1S/C16H27O3P/c1-5-10-14(3)18-20(17,19-15(4)11-6-2)16-12-8-7-9-13-16/h7-9,12-15H,5-6,10-11H2,1-4H3/t14-,15-/m0/s1. The minimum atomic E-state index is -3.24. The summed E-state index contributed by atoms with van der Waals surface area (Å²) in [4.78, 5) is 0. The number of rotatable bonds is 9. The molecule has 2 atom stereocenters. The van der Waals surface area contributed by atoms with E-state index < -0.39 is 7.60 Å². The van der Waals surface area contributed by atoms with Crippen molar-refractivity contribution in [2.45, 2.75) is 65.6 Å². The molecule has 0 aliphatic rings. The zero-order valence-corrected chi connectivity index (χ0v) is 13.9. The van der Waals surface area contributed by atoms with Crippen molar-refractivity contribution in [1.29, 1.82) is 0 Å². The fraction of sp³-hybridized carbons (Fsp3) is 0.625. The summed E-state index contributed by atoms with van der Waals surface area (Å²) in [5.74, 6) is 0. The Morgan fingerprint density at radius 2 is 1.40 bits per heavy atom. The first-order chi connectivity index (χ1) is 9.51. The molecule has 0 radical (unpaired) electrons. The van der Waals surface area contributed by atoms with E-state index in [-0.39, 0.29) is 12.2 Å². The first kappa shape index (κ1) is 17.4. The predicted molar refractivity (Wildman–Crippen MR) is 84.6 cm³/mol. The van der Waals surface area contributed by atoms with Crippen LogP contribution in [0.15, 0.2) is 30.3 Å². The minimum absolute atomic E-state index is 0.0696. The molecule has 1 aromatic rings. The number of hydrogen-bond acceptors (Lipinski definition) is 3. The average Bonchev–Trinajstić information content (AvgIpc) is 2.40. The highest BCUT2D eigenvalue weighted by Crippen LogP contribution is 2.50. The van der Waals surface area contributed by atoms with Gasteiger partial charge >= 0.3 is 7.60 Å². The Balaban J connectivity index is 2.91. The molecule has 1 rings (SSSR count). The maximum absolute atomic E-state index is 13.1. The van der Waals surface area contributed by atoms with Gasteiger partial charge in [-0.1, -0.05) is 44.9 Å². The van der Waals surface area contributed by atoms with Gasteiger partial charge in [0, 0.05) is 0 Å². The molecule has 0 aliphatic carbocycles. The predicted octanol–water partition coefficient (Wildman–Crippen LogP) is 4.92. The van der Waals surface area contributed by atoms with Crippen molar-refractivity contribution < 1.29 is 13.6 Å². The topological polar surface area (TPSA) is 35.5 Å². The van der Waals surface area contributed by atoms with Crippen molar-refractivity contribution in [2.75, 3.05) is 0 Å². The lowest BCUT2D eigenvalue weighted by molar-refractivity contribution is 0.125. The lowest BCUT2D eigenvalue weighted by Gasteiger charge is -2.25. The van der Waals surface area contributed by atoms with E-state index in [4.69, 9.17) is 9.05 Å². The van der Waals surface area contributed by atoms with Crippen molar-refractivity contribution in [3.63, 3.8) is 0 Å². The SMILES string of the molecule is CCC[C@H](C)OP(=O)(O[C@@H](C)CCC)c1ccccc1. The molecule has 4 heteroatoms. The summed E-state index contributed by atoms with van der Waals surface area (Å²) in [5, 5.41) is 0.644. The van der Waals surface area contributed by atoms with Gasteiger partial charge in [-0.2, -0.15) is 0 Å². The van der Waals surface area contributed by atoms with Crippen LogP contribution in [-0.4, -0.2) is 12.2 Å². The molecule has 1 aromatic carbocycles. The van der Waals surface area contributed by atoms with E-state index in [2.05, 4.69) is 13.8 Å². The third-order valence-electron chi connectivity index (χ3n) is 3.10. The van der Waals surface area contributed by atoms with Gasteiger partial charge in [0.25, 0.3) is 0 Å². The molecule has 0 bridgehead atoms. The van der Waals surface area contributed by atoms with Crippen LogP contribution < -0.4 is 5.30 Å². The van der Waals surface area contributed by atoms with E-state index >= 15 is 0 Å². The Morgan fingerprint density at radius 1 is 0.950 bits per heavy atom. The largest absolute Gasteiger partial charge is 0.361 e. The molecule has 3 nitrogen and oxygen atoms in total. The van der Waals surface area contributed by atoms with Crippen LogP contribution in [0, 0.1) is 0 Å². The molecule has 0 amide bonds. The van der Waals surface area contributed by atoms with Gasteiger partial charge in [0.05, 0.1) is 17.5 Å². The van der Waals surface area contributed by atoms with Gasteiger partial charge in [0.2, 0.25) is 0 Å². The summed E-state index contributed by atoms with van der Waals surface area (Å²) in [5.41, 5.74) is 0. The first-order valence-electron chi connectivity index (χ1n) is 7.54. The smallest absolute Gasteiger partial charge is 0.302 e. The van der Waals surface area contributed by atoms with Gasteiger partial charge in [0.15, 0.2) is 0 Å². The summed E-state index contributed by atoms with van der Waals surface area (Å²) >= 11 is 0. The Labute approximate surface area is 123 Å². The number of hydrogen-bond donors (Lipinski definition) is 0. The molecule has 0 fully saturated rings. The molecule has 20 heavy (non-hydrogen) atoms. The zero-order chi connectivity index (χ0) is 15.0. The molecule has 0 unspecified atom stereocenters. The van der Waals surface area contributed by atoms with Crippen LogP contribution in [0.2, 0.25) is 0 Å². The maximum Gasteiger partial charge on any atom is 0.361 e. The molecule has 0 aliphatic heterocycles.